The first kappa shape index (κ1) is 28.7. The molecule has 1 fully saturated rings. The highest BCUT2D eigenvalue weighted by Gasteiger charge is 2.36. The standard InChI is InChI=1S/C30H33Cl2N3O4S/c1-2-25(30(37)33-21-11-3-4-12-21)34(19-22-23(31)13-7-14-24(22)32)28(36)17-8-18-35-26-15-5-9-20-10-6-16-27(29(20)26)40(35,38)39/h5-7,9-10,13-16,21,25H,2-4,8,11-12,17-19H2,1H3,(H,33,37)/t25-/m1/s1. The predicted molar refractivity (Wildman–Crippen MR) is 159 cm³/mol. The van der Waals surface area contributed by atoms with E-state index in [0.717, 1.165) is 31.1 Å². The van der Waals surface area contributed by atoms with E-state index < -0.39 is 16.1 Å². The van der Waals surface area contributed by atoms with Crippen LogP contribution in [0.3, 0.4) is 0 Å². The van der Waals surface area contributed by atoms with E-state index in [1.54, 1.807) is 41.3 Å². The fourth-order valence-corrected chi connectivity index (χ4v) is 8.12. The number of nitrogens with zero attached hydrogens (tertiary/aromatic N) is 2. The van der Waals surface area contributed by atoms with Crippen molar-refractivity contribution in [3.63, 3.8) is 0 Å². The molecule has 1 saturated carbocycles. The summed E-state index contributed by atoms with van der Waals surface area (Å²) in [6, 6.07) is 15.4. The van der Waals surface area contributed by atoms with Gasteiger partial charge >= 0.3 is 0 Å². The van der Waals surface area contributed by atoms with Crippen LogP contribution in [0.2, 0.25) is 10.0 Å². The summed E-state index contributed by atoms with van der Waals surface area (Å²) in [5, 5.41) is 5.54. The molecule has 212 valence electrons. The molecule has 0 radical (unpaired) electrons. The number of benzene rings is 3. The molecule has 10 heteroatoms. The predicted octanol–water partition coefficient (Wildman–Crippen LogP) is 6.30. The average molecular weight is 603 g/mol. The zero-order chi connectivity index (χ0) is 28.4. The highest BCUT2D eigenvalue weighted by atomic mass is 35.5. The van der Waals surface area contributed by atoms with Gasteiger partial charge in [-0.25, -0.2) is 8.42 Å². The van der Waals surface area contributed by atoms with Gasteiger partial charge in [-0.15, -0.1) is 0 Å². The van der Waals surface area contributed by atoms with Crippen LogP contribution in [0.1, 0.15) is 57.4 Å². The Morgan fingerprint density at radius 2 is 1.68 bits per heavy atom. The van der Waals surface area contributed by atoms with Crippen LogP contribution in [0.5, 0.6) is 0 Å². The molecule has 1 aliphatic heterocycles. The van der Waals surface area contributed by atoms with E-state index in [1.165, 1.54) is 4.31 Å². The largest absolute Gasteiger partial charge is 0.352 e. The van der Waals surface area contributed by atoms with Gasteiger partial charge in [0, 0.05) is 46.5 Å². The van der Waals surface area contributed by atoms with Crippen LogP contribution >= 0.6 is 23.2 Å². The summed E-state index contributed by atoms with van der Waals surface area (Å²) in [5.41, 5.74) is 1.21. The van der Waals surface area contributed by atoms with Crippen molar-refractivity contribution in [1.29, 1.82) is 0 Å². The van der Waals surface area contributed by atoms with Gasteiger partial charge in [0.1, 0.15) is 6.04 Å². The van der Waals surface area contributed by atoms with E-state index in [-0.39, 0.29) is 48.7 Å². The maximum absolute atomic E-state index is 13.7. The molecular formula is C30H33Cl2N3O4S. The maximum Gasteiger partial charge on any atom is 0.265 e. The number of carbonyl (C=O) groups is 2. The topological polar surface area (TPSA) is 86.8 Å². The van der Waals surface area contributed by atoms with E-state index in [1.807, 2.05) is 25.1 Å². The minimum atomic E-state index is -3.71. The number of halogens is 2. The Morgan fingerprint density at radius 3 is 2.35 bits per heavy atom. The van der Waals surface area contributed by atoms with Crippen LogP contribution in [-0.2, 0) is 26.2 Å². The fraction of sp³-hybridized carbons (Fsp3) is 0.400. The second-order valence-corrected chi connectivity index (χ2v) is 13.1. The summed E-state index contributed by atoms with van der Waals surface area (Å²) in [6.07, 6.45) is 4.80. The summed E-state index contributed by atoms with van der Waals surface area (Å²) >= 11 is 12.9. The Morgan fingerprint density at radius 1 is 1.02 bits per heavy atom. The van der Waals surface area contributed by atoms with Crippen LogP contribution in [0.15, 0.2) is 59.5 Å². The molecule has 0 aromatic heterocycles. The van der Waals surface area contributed by atoms with E-state index >= 15 is 0 Å². The van der Waals surface area contributed by atoms with Gasteiger partial charge in [0.25, 0.3) is 10.0 Å². The van der Waals surface area contributed by atoms with Crippen molar-refractivity contribution in [2.24, 2.45) is 0 Å². The molecule has 2 amide bonds. The molecule has 5 rings (SSSR count). The maximum atomic E-state index is 13.7. The second kappa shape index (κ2) is 12.0. The van der Waals surface area contributed by atoms with Gasteiger partial charge in [-0.3, -0.25) is 13.9 Å². The minimum absolute atomic E-state index is 0.0631. The van der Waals surface area contributed by atoms with Crippen molar-refractivity contribution in [3.8, 4) is 0 Å². The zero-order valence-electron chi connectivity index (χ0n) is 22.4. The Bertz CT molecular complexity index is 1510. The van der Waals surface area contributed by atoms with Gasteiger partial charge in [0.15, 0.2) is 0 Å². The van der Waals surface area contributed by atoms with Crippen molar-refractivity contribution < 1.29 is 18.0 Å². The number of nitrogens with one attached hydrogen (secondary N) is 1. The molecule has 0 unspecified atom stereocenters. The molecule has 3 aromatic rings. The van der Waals surface area contributed by atoms with Crippen molar-refractivity contribution in [2.45, 2.75) is 75.4 Å². The molecular weight excluding hydrogens is 569 g/mol. The number of hydrogen-bond acceptors (Lipinski definition) is 4. The van der Waals surface area contributed by atoms with Gasteiger partial charge in [0.05, 0.1) is 10.6 Å². The van der Waals surface area contributed by atoms with Crippen molar-refractivity contribution in [2.75, 3.05) is 10.8 Å². The number of amides is 2. The quantitative estimate of drug-likeness (QED) is 0.295. The lowest BCUT2D eigenvalue weighted by molar-refractivity contribution is -0.141. The van der Waals surface area contributed by atoms with Crippen LogP contribution < -0.4 is 9.62 Å². The number of rotatable bonds is 10. The monoisotopic (exact) mass is 601 g/mol. The summed E-state index contributed by atoms with van der Waals surface area (Å²) in [6.45, 7) is 2.11. The highest BCUT2D eigenvalue weighted by Crippen LogP contribution is 2.42. The molecule has 7 nitrogen and oxygen atoms in total. The number of sulfonamides is 1. The van der Waals surface area contributed by atoms with Crippen LogP contribution in [-0.4, -0.2) is 43.8 Å². The molecule has 0 saturated heterocycles. The molecule has 3 aromatic carbocycles. The lowest BCUT2D eigenvalue weighted by atomic mass is 10.1. The molecule has 1 atom stereocenters. The molecule has 2 aliphatic rings. The molecule has 0 spiro atoms. The first-order valence-electron chi connectivity index (χ1n) is 13.8. The summed E-state index contributed by atoms with van der Waals surface area (Å²) in [5.74, 6) is -0.438. The fourth-order valence-electron chi connectivity index (χ4n) is 5.86. The van der Waals surface area contributed by atoms with Gasteiger partial charge < -0.3 is 10.2 Å². The second-order valence-electron chi connectivity index (χ2n) is 10.4. The first-order valence-corrected chi connectivity index (χ1v) is 16.0. The number of anilines is 1. The number of hydrogen-bond donors (Lipinski definition) is 1. The summed E-state index contributed by atoms with van der Waals surface area (Å²) < 4.78 is 28.1. The van der Waals surface area contributed by atoms with E-state index in [0.29, 0.717) is 33.1 Å². The van der Waals surface area contributed by atoms with Crippen LogP contribution in [0.25, 0.3) is 10.8 Å². The van der Waals surface area contributed by atoms with Gasteiger partial charge in [-0.2, -0.15) is 0 Å². The molecule has 0 bridgehead atoms. The lowest BCUT2D eigenvalue weighted by Crippen LogP contribution is -2.51. The Labute approximate surface area is 245 Å². The van der Waals surface area contributed by atoms with Crippen molar-refractivity contribution in [3.05, 3.63) is 70.2 Å². The third-order valence-corrected chi connectivity index (χ3v) is 10.5. The minimum Gasteiger partial charge on any atom is -0.352 e. The molecule has 1 N–H and O–H groups in total. The third kappa shape index (κ3) is 5.54. The molecule has 1 aliphatic carbocycles. The van der Waals surface area contributed by atoms with Crippen LogP contribution in [0, 0.1) is 0 Å². The van der Waals surface area contributed by atoms with Gasteiger partial charge in [-0.1, -0.05) is 73.3 Å². The van der Waals surface area contributed by atoms with Gasteiger partial charge in [0.2, 0.25) is 11.8 Å². The van der Waals surface area contributed by atoms with Gasteiger partial charge in [-0.05, 0) is 55.3 Å². The Balaban J connectivity index is 1.35. The van der Waals surface area contributed by atoms with E-state index in [4.69, 9.17) is 23.2 Å². The first-order chi connectivity index (χ1) is 19.2. The van der Waals surface area contributed by atoms with E-state index in [9.17, 15) is 18.0 Å². The number of carbonyl (C=O) groups excluding carboxylic acids is 2. The normalized spacial score (nSPS) is 16.8. The lowest BCUT2D eigenvalue weighted by Gasteiger charge is -2.32. The Hall–Kier alpha value is -2.81. The van der Waals surface area contributed by atoms with Crippen molar-refractivity contribution >= 4 is 61.5 Å². The average Bonchev–Trinajstić information content (AvgIpc) is 3.51. The third-order valence-electron chi connectivity index (χ3n) is 7.91. The Kier molecular flexibility index (Phi) is 8.59. The smallest absolute Gasteiger partial charge is 0.265 e. The summed E-state index contributed by atoms with van der Waals surface area (Å²) in [7, 11) is -3.71. The van der Waals surface area contributed by atoms with Crippen LogP contribution in [0.4, 0.5) is 5.69 Å². The molecule has 1 heterocycles. The summed E-state index contributed by atoms with van der Waals surface area (Å²) in [4.78, 5) is 29.0. The van der Waals surface area contributed by atoms with E-state index in [2.05, 4.69) is 5.32 Å². The SMILES string of the molecule is CC[C@H](C(=O)NC1CCCC1)N(Cc1c(Cl)cccc1Cl)C(=O)CCCN1c2cccc3cccc(c23)S1(=O)=O. The molecule has 40 heavy (non-hydrogen) atoms. The zero-order valence-corrected chi connectivity index (χ0v) is 24.7. The highest BCUT2D eigenvalue weighted by molar-refractivity contribution is 7.93. The van der Waals surface area contributed by atoms with Crippen molar-refractivity contribution in [1.82, 2.24) is 10.2 Å².